The molecule has 1 aliphatic heterocycles. The number of rotatable bonds is 7. The van der Waals surface area contributed by atoms with Crippen molar-refractivity contribution < 1.29 is 22.8 Å². The molecule has 12 nitrogen and oxygen atoms in total. The van der Waals surface area contributed by atoms with Crippen molar-refractivity contribution in [3.05, 3.63) is 64.7 Å². The van der Waals surface area contributed by atoms with Crippen LogP contribution in [0.1, 0.15) is 36.3 Å². The van der Waals surface area contributed by atoms with Gasteiger partial charge < -0.3 is 10.2 Å². The molecule has 0 aliphatic carbocycles. The highest BCUT2D eigenvalue weighted by Crippen LogP contribution is 2.32. The molecule has 3 N–H and O–H groups in total. The zero-order valence-electron chi connectivity index (χ0n) is 24.0. The van der Waals surface area contributed by atoms with Crippen molar-refractivity contribution in [2.75, 3.05) is 5.32 Å². The van der Waals surface area contributed by atoms with Gasteiger partial charge in [-0.05, 0) is 70.6 Å². The van der Waals surface area contributed by atoms with E-state index < -0.39 is 33.9 Å². The normalized spacial score (nSPS) is 18.3. The Morgan fingerprint density at radius 2 is 1.91 bits per heavy atom. The molecule has 4 heterocycles. The lowest BCUT2D eigenvalue weighted by atomic mass is 10.0. The average Bonchev–Trinajstić information content (AvgIpc) is 3.51. The number of ketones is 1. The largest absolute Gasteiger partial charge is 0.315 e. The number of hydrogen-bond donors (Lipinski definition) is 2. The minimum atomic E-state index is -3.98. The molecule has 2 amide bonds. The summed E-state index contributed by atoms with van der Waals surface area (Å²) in [6.07, 6.45) is 8.81. The van der Waals surface area contributed by atoms with Gasteiger partial charge in [-0.1, -0.05) is 25.0 Å². The van der Waals surface area contributed by atoms with Crippen molar-refractivity contribution >= 4 is 60.3 Å². The molecule has 0 unspecified atom stereocenters. The Hall–Kier alpha value is -4.45. The van der Waals surface area contributed by atoms with E-state index in [1.807, 2.05) is 19.9 Å². The van der Waals surface area contributed by atoms with Crippen LogP contribution in [-0.4, -0.2) is 62.7 Å². The summed E-state index contributed by atoms with van der Waals surface area (Å²) in [6.45, 7) is 4.78. The first-order valence-electron chi connectivity index (χ1n) is 13.5. The molecule has 3 aromatic heterocycles. The van der Waals surface area contributed by atoms with Crippen LogP contribution < -0.4 is 10.5 Å². The summed E-state index contributed by atoms with van der Waals surface area (Å²) >= 11 is 3.31. The Balaban J connectivity index is 1.48. The smallest absolute Gasteiger partial charge is 0.248 e. The summed E-state index contributed by atoms with van der Waals surface area (Å²) in [5.41, 5.74) is 2.40. The van der Waals surface area contributed by atoms with Crippen molar-refractivity contribution in [1.29, 1.82) is 0 Å². The number of sulfonamides is 1. The fourth-order valence-electron chi connectivity index (χ4n) is 5.38. The minimum Gasteiger partial charge on any atom is -0.315 e. The number of carbonyl (C=O) groups is 3. The number of hydrogen-bond acceptors (Lipinski definition) is 8. The molecule has 0 saturated carbocycles. The van der Waals surface area contributed by atoms with Gasteiger partial charge in [-0.25, -0.2) is 18.5 Å². The van der Waals surface area contributed by atoms with Crippen LogP contribution in [0.5, 0.6) is 0 Å². The number of likely N-dealkylation sites (tertiary alicyclic amines) is 1. The number of fused-ring (bicyclic) bond motifs is 1. The lowest BCUT2D eigenvalue weighted by molar-refractivity contribution is -0.138. The molecule has 1 aromatic carbocycles. The molecule has 0 radical (unpaired) electrons. The molecule has 5 rings (SSSR count). The van der Waals surface area contributed by atoms with Gasteiger partial charge in [0.05, 0.1) is 11.6 Å². The molecule has 226 valence electrons. The summed E-state index contributed by atoms with van der Waals surface area (Å²) < 4.78 is 25.6. The lowest BCUT2D eigenvalue weighted by Gasteiger charge is -2.28. The predicted molar refractivity (Wildman–Crippen MR) is 167 cm³/mol. The van der Waals surface area contributed by atoms with Crippen LogP contribution in [0, 0.1) is 25.2 Å². The van der Waals surface area contributed by atoms with Gasteiger partial charge in [-0.3, -0.25) is 24.0 Å². The number of benzene rings is 1. The van der Waals surface area contributed by atoms with Gasteiger partial charge in [0.1, 0.15) is 33.6 Å². The third-order valence-corrected chi connectivity index (χ3v) is 8.90. The number of halogens is 1. The zero-order chi connectivity index (χ0) is 31.9. The molecular formula is C30H28BrN7O5S. The molecule has 44 heavy (non-hydrogen) atoms. The van der Waals surface area contributed by atoms with E-state index in [0.29, 0.717) is 38.9 Å². The van der Waals surface area contributed by atoms with Crippen LogP contribution in [0.2, 0.25) is 0 Å². The first-order chi connectivity index (χ1) is 20.8. The molecule has 1 saturated heterocycles. The Kier molecular flexibility index (Phi) is 8.39. The minimum absolute atomic E-state index is 0.124. The Morgan fingerprint density at radius 3 is 2.59 bits per heavy atom. The van der Waals surface area contributed by atoms with Crippen LogP contribution >= 0.6 is 15.9 Å². The van der Waals surface area contributed by atoms with E-state index in [1.54, 1.807) is 24.3 Å². The Labute approximate surface area is 262 Å². The average molecular weight is 679 g/mol. The van der Waals surface area contributed by atoms with E-state index in [4.69, 9.17) is 11.6 Å². The highest BCUT2D eigenvalue weighted by Gasteiger charge is 2.44. The molecule has 4 aromatic rings. The van der Waals surface area contributed by atoms with Gasteiger partial charge in [0, 0.05) is 30.3 Å². The van der Waals surface area contributed by atoms with E-state index in [1.165, 1.54) is 28.8 Å². The van der Waals surface area contributed by atoms with Crippen LogP contribution in [0.4, 0.5) is 5.82 Å². The SMILES string of the molecule is C#C[C@@H]1[C@@H](C)C[C@@H](C(=O)Nc2nc(Br)ccc2C)N1C(=O)Cn1nc(C(C)=O)c2cc(-c3cncc(S(N)(=O)=O)c3)ccc21. The van der Waals surface area contributed by atoms with E-state index in [-0.39, 0.29) is 28.8 Å². The number of aromatic nitrogens is 4. The number of carbonyl (C=O) groups excluding carboxylic acids is 3. The molecule has 1 aliphatic rings. The lowest BCUT2D eigenvalue weighted by Crippen LogP contribution is -2.48. The molecule has 1 fully saturated rings. The second kappa shape index (κ2) is 11.9. The Morgan fingerprint density at radius 1 is 1.16 bits per heavy atom. The summed E-state index contributed by atoms with van der Waals surface area (Å²) in [4.78, 5) is 49.5. The maximum atomic E-state index is 13.9. The maximum Gasteiger partial charge on any atom is 0.248 e. The third kappa shape index (κ3) is 5.99. The number of amides is 2. The van der Waals surface area contributed by atoms with Gasteiger partial charge in [-0.2, -0.15) is 5.10 Å². The zero-order valence-corrected chi connectivity index (χ0v) is 26.4. The second-order valence-electron chi connectivity index (χ2n) is 10.7. The van der Waals surface area contributed by atoms with Gasteiger partial charge >= 0.3 is 0 Å². The highest BCUT2D eigenvalue weighted by atomic mass is 79.9. The van der Waals surface area contributed by atoms with Crippen molar-refractivity contribution in [2.24, 2.45) is 11.1 Å². The molecular weight excluding hydrogens is 650 g/mol. The topological polar surface area (TPSA) is 170 Å². The van der Waals surface area contributed by atoms with Gasteiger partial charge in [0.15, 0.2) is 5.78 Å². The monoisotopic (exact) mass is 677 g/mol. The first kappa shape index (κ1) is 31.0. The quantitative estimate of drug-likeness (QED) is 0.170. The first-order valence-corrected chi connectivity index (χ1v) is 15.8. The van der Waals surface area contributed by atoms with E-state index in [9.17, 15) is 22.8 Å². The molecule has 0 bridgehead atoms. The summed E-state index contributed by atoms with van der Waals surface area (Å²) in [5.74, 6) is 1.70. The van der Waals surface area contributed by atoms with E-state index in [0.717, 1.165) is 11.8 Å². The second-order valence-corrected chi connectivity index (χ2v) is 13.1. The standard InChI is InChI=1S/C30H28BrN7O5S/c1-5-23-17(3)10-25(30(41)35-29-16(2)6-9-26(31)34-29)38(23)27(40)15-37-24-8-7-19(12-22(24)28(36-37)18(4)39)20-11-21(14-33-13-20)44(32,42)43/h1,6-9,11-14,17,23,25H,10,15H2,2-4H3,(H2,32,42,43)(H,34,35,41)/t17-,23+,25-/m0/s1. The molecule has 3 atom stereocenters. The van der Waals surface area contributed by atoms with Crippen LogP contribution in [0.15, 0.2) is 58.3 Å². The van der Waals surface area contributed by atoms with Crippen LogP contribution in [0.25, 0.3) is 22.0 Å². The number of pyridine rings is 2. The van der Waals surface area contributed by atoms with Gasteiger partial charge in [-0.15, -0.1) is 6.42 Å². The summed E-state index contributed by atoms with van der Waals surface area (Å²) in [6, 6.07) is 8.53. The number of nitrogens with one attached hydrogen (secondary N) is 1. The third-order valence-electron chi connectivity index (χ3n) is 7.58. The van der Waals surface area contributed by atoms with Gasteiger partial charge in [0.25, 0.3) is 0 Å². The number of anilines is 1. The van der Waals surface area contributed by atoms with Crippen molar-refractivity contribution in [2.45, 2.75) is 50.7 Å². The van der Waals surface area contributed by atoms with Gasteiger partial charge in [0.2, 0.25) is 21.8 Å². The Bertz CT molecular complexity index is 1990. The molecule has 14 heteroatoms. The predicted octanol–water partition coefficient (Wildman–Crippen LogP) is 3.29. The van der Waals surface area contributed by atoms with Crippen molar-refractivity contribution in [3.63, 3.8) is 0 Å². The number of aryl methyl sites for hydroxylation is 1. The van der Waals surface area contributed by atoms with Crippen LogP contribution in [0.3, 0.4) is 0 Å². The number of nitrogens with two attached hydrogens (primary N) is 1. The number of Topliss-reactive ketones (excluding diaryl/α,β-unsaturated/α-hetero) is 1. The fraction of sp³-hybridized carbons (Fsp3) is 0.267. The molecule has 0 spiro atoms. The maximum absolute atomic E-state index is 13.9. The summed E-state index contributed by atoms with van der Waals surface area (Å²) in [7, 11) is -3.98. The van der Waals surface area contributed by atoms with Crippen molar-refractivity contribution in [1.82, 2.24) is 24.6 Å². The summed E-state index contributed by atoms with van der Waals surface area (Å²) in [5, 5.41) is 13.0. The van der Waals surface area contributed by atoms with Crippen molar-refractivity contribution in [3.8, 4) is 23.5 Å². The van der Waals surface area contributed by atoms with E-state index >= 15 is 0 Å². The fourth-order valence-corrected chi connectivity index (χ4v) is 6.19. The highest BCUT2D eigenvalue weighted by molar-refractivity contribution is 9.10. The number of primary sulfonamides is 1. The number of terminal acetylenes is 1. The van der Waals surface area contributed by atoms with Crippen LogP contribution in [-0.2, 0) is 26.2 Å². The van der Waals surface area contributed by atoms with E-state index in [2.05, 4.69) is 42.2 Å². The number of nitrogens with zero attached hydrogens (tertiary/aromatic N) is 5.